The molecule has 0 aliphatic heterocycles. The predicted molar refractivity (Wildman–Crippen MR) is 101 cm³/mol. The summed E-state index contributed by atoms with van der Waals surface area (Å²) in [6, 6.07) is 0. The zero-order chi connectivity index (χ0) is 18.5. The van der Waals surface area contributed by atoms with Crippen molar-refractivity contribution in [2.45, 2.75) is 72.1 Å². The Bertz CT molecular complexity index is 422. The van der Waals surface area contributed by atoms with Crippen LogP contribution < -0.4 is 0 Å². The van der Waals surface area contributed by atoms with Crippen molar-refractivity contribution in [3.63, 3.8) is 0 Å². The molecule has 0 aromatic rings. The Morgan fingerprint density at radius 1 is 0.833 bits per heavy atom. The summed E-state index contributed by atoms with van der Waals surface area (Å²) in [5.74, 6) is -0.874. The molecular formula is C18H29Cl3O3. The summed E-state index contributed by atoms with van der Waals surface area (Å²) >= 11 is 18.3. The van der Waals surface area contributed by atoms with Crippen molar-refractivity contribution in [2.75, 3.05) is 6.61 Å². The minimum absolute atomic E-state index is 0.246. The lowest BCUT2D eigenvalue weighted by atomic mass is 9.96. The van der Waals surface area contributed by atoms with E-state index in [0.717, 1.165) is 25.7 Å². The van der Waals surface area contributed by atoms with Crippen LogP contribution >= 0.6 is 34.8 Å². The molecule has 0 N–H and O–H groups in total. The number of carbonyl (C=O) groups excluding carboxylic acids is 2. The van der Waals surface area contributed by atoms with Crippen LogP contribution in [0.5, 0.6) is 0 Å². The van der Waals surface area contributed by atoms with E-state index in [1.165, 1.54) is 0 Å². The van der Waals surface area contributed by atoms with E-state index in [4.69, 9.17) is 39.5 Å². The first-order valence-electron chi connectivity index (χ1n) is 8.76. The molecule has 0 saturated carbocycles. The standard InChI is InChI=1S/C18H29Cl3O3/c1-4-7-9-13(17(21)22)11-15(19)16(20)12-14(10-8-5-2)18(23)24-6-3/h13-14H,4-12H2,1-3H3. The van der Waals surface area contributed by atoms with E-state index in [9.17, 15) is 9.59 Å². The maximum Gasteiger partial charge on any atom is 0.309 e. The predicted octanol–water partition coefficient (Wildman–Crippen LogP) is 6.40. The van der Waals surface area contributed by atoms with Gasteiger partial charge in [-0.1, -0.05) is 62.7 Å². The van der Waals surface area contributed by atoms with E-state index >= 15 is 0 Å². The largest absolute Gasteiger partial charge is 0.466 e. The fourth-order valence-corrected chi connectivity index (χ4v) is 3.13. The molecule has 0 amide bonds. The van der Waals surface area contributed by atoms with Gasteiger partial charge < -0.3 is 4.74 Å². The van der Waals surface area contributed by atoms with Crippen molar-refractivity contribution in [3.05, 3.63) is 10.1 Å². The average molecular weight is 400 g/mol. The van der Waals surface area contributed by atoms with E-state index in [0.29, 0.717) is 42.4 Å². The zero-order valence-corrected chi connectivity index (χ0v) is 17.1. The summed E-state index contributed by atoms with van der Waals surface area (Å²) in [4.78, 5) is 23.6. The third kappa shape index (κ3) is 9.90. The Hall–Kier alpha value is -0.250. The molecule has 0 heterocycles. The first kappa shape index (κ1) is 23.8. The van der Waals surface area contributed by atoms with Gasteiger partial charge in [-0.2, -0.15) is 0 Å². The molecule has 0 radical (unpaired) electrons. The van der Waals surface area contributed by atoms with Crippen LogP contribution in [-0.4, -0.2) is 17.8 Å². The summed E-state index contributed by atoms with van der Waals surface area (Å²) < 4.78 is 5.12. The third-order valence-corrected chi connectivity index (χ3v) is 5.07. The highest BCUT2D eigenvalue weighted by molar-refractivity contribution is 6.64. The Morgan fingerprint density at radius 2 is 1.29 bits per heavy atom. The fraction of sp³-hybridized carbons (Fsp3) is 0.778. The Morgan fingerprint density at radius 3 is 1.71 bits per heavy atom. The number of esters is 1. The van der Waals surface area contributed by atoms with Crippen LogP contribution in [0.1, 0.15) is 72.1 Å². The van der Waals surface area contributed by atoms with Crippen LogP contribution in [0.3, 0.4) is 0 Å². The Labute approximate surface area is 161 Å². The smallest absolute Gasteiger partial charge is 0.309 e. The van der Waals surface area contributed by atoms with Crippen molar-refractivity contribution in [3.8, 4) is 0 Å². The lowest BCUT2D eigenvalue weighted by Gasteiger charge is -2.17. The van der Waals surface area contributed by atoms with Gasteiger partial charge in [-0.3, -0.25) is 9.59 Å². The SMILES string of the molecule is CCCCC(CC(Cl)=C(Cl)CC(CCCC)C(=O)OCC)C(=O)Cl. The van der Waals surface area contributed by atoms with Crippen LogP contribution in [0.25, 0.3) is 0 Å². The van der Waals surface area contributed by atoms with Gasteiger partial charge in [-0.15, -0.1) is 0 Å². The number of unbranched alkanes of at least 4 members (excludes halogenated alkanes) is 2. The molecule has 140 valence electrons. The zero-order valence-electron chi connectivity index (χ0n) is 14.9. The maximum absolute atomic E-state index is 12.1. The van der Waals surface area contributed by atoms with Crippen molar-refractivity contribution < 1.29 is 14.3 Å². The van der Waals surface area contributed by atoms with Crippen LogP contribution in [0.2, 0.25) is 0 Å². The molecule has 0 bridgehead atoms. The number of ether oxygens (including phenoxy) is 1. The highest BCUT2D eigenvalue weighted by atomic mass is 35.5. The van der Waals surface area contributed by atoms with Crippen molar-refractivity contribution in [1.82, 2.24) is 0 Å². The second-order valence-corrected chi connectivity index (χ2v) is 7.24. The molecule has 2 unspecified atom stereocenters. The second-order valence-electron chi connectivity index (χ2n) is 5.95. The van der Waals surface area contributed by atoms with Crippen LogP contribution in [0.15, 0.2) is 10.1 Å². The summed E-state index contributed by atoms with van der Waals surface area (Å²) in [5, 5.41) is 0.446. The lowest BCUT2D eigenvalue weighted by molar-refractivity contribution is -0.148. The first-order valence-corrected chi connectivity index (χ1v) is 9.89. The molecule has 0 aromatic carbocycles. The molecule has 0 rings (SSSR count). The molecule has 0 aromatic heterocycles. The summed E-state index contributed by atoms with van der Waals surface area (Å²) in [6.45, 7) is 6.24. The number of hydrogen-bond donors (Lipinski definition) is 0. The van der Waals surface area contributed by atoms with Gasteiger partial charge >= 0.3 is 5.97 Å². The Balaban J connectivity index is 4.93. The quantitative estimate of drug-likeness (QED) is 0.266. The van der Waals surface area contributed by atoms with Crippen molar-refractivity contribution >= 4 is 46.0 Å². The molecule has 0 fully saturated rings. The normalized spacial score (nSPS) is 14.8. The molecule has 0 spiro atoms. The molecular weight excluding hydrogens is 371 g/mol. The van der Waals surface area contributed by atoms with Crippen LogP contribution in [0.4, 0.5) is 0 Å². The number of hydrogen-bond acceptors (Lipinski definition) is 3. The van der Waals surface area contributed by atoms with Gasteiger partial charge in [0.1, 0.15) is 0 Å². The number of rotatable bonds is 13. The molecule has 0 saturated heterocycles. The minimum atomic E-state index is -0.390. The van der Waals surface area contributed by atoms with Gasteiger partial charge in [0, 0.05) is 16.0 Å². The van der Waals surface area contributed by atoms with Gasteiger partial charge in [-0.25, -0.2) is 0 Å². The first-order chi connectivity index (χ1) is 11.4. The van der Waals surface area contributed by atoms with E-state index in [2.05, 4.69) is 13.8 Å². The van der Waals surface area contributed by atoms with E-state index in [1.807, 2.05) is 0 Å². The lowest BCUT2D eigenvalue weighted by Crippen LogP contribution is -2.18. The third-order valence-electron chi connectivity index (χ3n) is 3.90. The van der Waals surface area contributed by atoms with E-state index in [1.54, 1.807) is 6.92 Å². The molecule has 0 aliphatic carbocycles. The number of carbonyl (C=O) groups is 2. The molecule has 2 atom stereocenters. The molecule has 3 nitrogen and oxygen atoms in total. The van der Waals surface area contributed by atoms with Crippen molar-refractivity contribution in [2.24, 2.45) is 11.8 Å². The van der Waals surface area contributed by atoms with Gasteiger partial charge in [-0.05, 0) is 44.2 Å². The van der Waals surface area contributed by atoms with Gasteiger partial charge in [0.05, 0.1) is 12.5 Å². The fourth-order valence-electron chi connectivity index (χ4n) is 2.41. The minimum Gasteiger partial charge on any atom is -0.466 e. The molecule has 0 aliphatic rings. The van der Waals surface area contributed by atoms with Crippen molar-refractivity contribution in [1.29, 1.82) is 0 Å². The molecule has 24 heavy (non-hydrogen) atoms. The average Bonchev–Trinajstić information content (AvgIpc) is 2.54. The van der Waals surface area contributed by atoms with Gasteiger partial charge in [0.25, 0.3) is 0 Å². The monoisotopic (exact) mass is 398 g/mol. The number of allylic oxidation sites excluding steroid dienone is 2. The van der Waals surface area contributed by atoms with E-state index < -0.39 is 0 Å². The van der Waals surface area contributed by atoms with Gasteiger partial charge in [0.15, 0.2) is 0 Å². The Kier molecular flexibility index (Phi) is 13.8. The highest BCUT2D eigenvalue weighted by Gasteiger charge is 2.23. The highest BCUT2D eigenvalue weighted by Crippen LogP contribution is 2.31. The summed E-state index contributed by atoms with van der Waals surface area (Å²) in [7, 11) is 0. The van der Waals surface area contributed by atoms with Gasteiger partial charge in [0.2, 0.25) is 5.24 Å². The summed E-state index contributed by atoms with van der Waals surface area (Å²) in [6.07, 6.45) is 5.88. The van der Waals surface area contributed by atoms with Crippen LogP contribution in [0, 0.1) is 11.8 Å². The number of halogens is 3. The molecule has 6 heteroatoms. The van der Waals surface area contributed by atoms with E-state index in [-0.39, 0.29) is 23.0 Å². The second kappa shape index (κ2) is 14.0. The maximum atomic E-state index is 12.1. The van der Waals surface area contributed by atoms with Crippen LogP contribution in [-0.2, 0) is 14.3 Å². The topological polar surface area (TPSA) is 43.4 Å². The summed E-state index contributed by atoms with van der Waals surface area (Å²) in [5.41, 5.74) is 0.